The van der Waals surface area contributed by atoms with E-state index in [0.29, 0.717) is 13.0 Å². The number of benzene rings is 1. The van der Waals surface area contributed by atoms with E-state index in [1.165, 1.54) is 0 Å². The van der Waals surface area contributed by atoms with E-state index in [2.05, 4.69) is 0 Å². The summed E-state index contributed by atoms with van der Waals surface area (Å²) in [7, 11) is 0. The molecule has 21 heavy (non-hydrogen) atoms. The summed E-state index contributed by atoms with van der Waals surface area (Å²) < 4.78 is 17.5. The number of ether oxygens (including phenoxy) is 3. The van der Waals surface area contributed by atoms with Crippen LogP contribution in [0, 0.1) is 0 Å². The fourth-order valence-corrected chi connectivity index (χ4v) is 3.78. The maximum absolute atomic E-state index is 12.4. The predicted molar refractivity (Wildman–Crippen MR) is 72.6 cm³/mol. The Morgan fingerprint density at radius 3 is 2.81 bits per heavy atom. The standard InChI is InChI=1S/C16H18O5/c1-15-13(19-8-10-5-3-2-4-6-10)11(18)7-12(20-15)14-16(15,9-17)21-14/h2-6,12-14,17H,7-9H2,1H3/t12-,13-,14-,15+,16-/m0/s1. The van der Waals surface area contributed by atoms with E-state index in [1.807, 2.05) is 37.3 Å². The highest BCUT2D eigenvalue weighted by atomic mass is 16.7. The third kappa shape index (κ3) is 1.69. The Balaban J connectivity index is 1.57. The summed E-state index contributed by atoms with van der Waals surface area (Å²) in [4.78, 5) is 12.4. The van der Waals surface area contributed by atoms with Gasteiger partial charge in [-0.05, 0) is 12.5 Å². The van der Waals surface area contributed by atoms with Crippen LogP contribution in [-0.2, 0) is 25.6 Å². The maximum Gasteiger partial charge on any atom is 0.167 e. The minimum absolute atomic E-state index is 0.0355. The number of aliphatic hydroxyl groups is 1. The number of carbonyl (C=O) groups is 1. The van der Waals surface area contributed by atoms with Crippen LogP contribution in [0.4, 0.5) is 0 Å². The first-order valence-corrected chi connectivity index (χ1v) is 7.25. The molecule has 0 amide bonds. The molecule has 0 saturated carbocycles. The van der Waals surface area contributed by atoms with Crippen LogP contribution in [-0.4, -0.2) is 47.0 Å². The highest BCUT2D eigenvalue weighted by Crippen LogP contribution is 2.60. The van der Waals surface area contributed by atoms with Gasteiger partial charge in [-0.25, -0.2) is 0 Å². The van der Waals surface area contributed by atoms with E-state index in [-0.39, 0.29) is 24.6 Å². The molecule has 3 saturated heterocycles. The molecular formula is C16H18O5. The van der Waals surface area contributed by atoms with E-state index in [4.69, 9.17) is 14.2 Å². The first-order valence-electron chi connectivity index (χ1n) is 7.25. The van der Waals surface area contributed by atoms with Crippen molar-refractivity contribution < 1.29 is 24.1 Å². The number of epoxide rings is 1. The summed E-state index contributed by atoms with van der Waals surface area (Å²) in [5, 5.41) is 9.70. The van der Waals surface area contributed by atoms with Crippen molar-refractivity contribution in [3.8, 4) is 0 Å². The molecule has 5 atom stereocenters. The van der Waals surface area contributed by atoms with E-state index in [9.17, 15) is 9.90 Å². The minimum Gasteiger partial charge on any atom is -0.393 e. The molecular weight excluding hydrogens is 272 g/mol. The lowest BCUT2D eigenvalue weighted by Gasteiger charge is -2.41. The molecule has 3 aliphatic heterocycles. The maximum atomic E-state index is 12.4. The molecule has 0 spiro atoms. The average Bonchev–Trinajstić information content (AvgIpc) is 3.20. The lowest BCUT2D eigenvalue weighted by molar-refractivity contribution is -0.216. The fraction of sp³-hybridized carbons (Fsp3) is 0.562. The van der Waals surface area contributed by atoms with Crippen molar-refractivity contribution >= 4 is 5.78 Å². The normalized spacial score (nSPS) is 43.7. The summed E-state index contributed by atoms with van der Waals surface area (Å²) in [5.74, 6) is 0.0355. The van der Waals surface area contributed by atoms with E-state index < -0.39 is 17.3 Å². The molecule has 1 aromatic rings. The van der Waals surface area contributed by atoms with E-state index >= 15 is 0 Å². The molecule has 3 aliphatic rings. The molecule has 112 valence electrons. The number of hydrogen-bond donors (Lipinski definition) is 1. The lowest BCUT2D eigenvalue weighted by atomic mass is 9.83. The van der Waals surface area contributed by atoms with Crippen LogP contribution in [0.5, 0.6) is 0 Å². The number of ketones is 1. The van der Waals surface area contributed by atoms with Gasteiger partial charge in [-0.3, -0.25) is 4.79 Å². The number of carbonyl (C=O) groups excluding carboxylic acids is 1. The molecule has 2 bridgehead atoms. The van der Waals surface area contributed by atoms with E-state index in [0.717, 1.165) is 5.56 Å². The van der Waals surface area contributed by atoms with Gasteiger partial charge >= 0.3 is 0 Å². The summed E-state index contributed by atoms with van der Waals surface area (Å²) in [6.07, 6.45) is -0.830. The lowest BCUT2D eigenvalue weighted by Crippen LogP contribution is -2.59. The Hall–Kier alpha value is -1.27. The Kier molecular flexibility index (Phi) is 2.78. The first kappa shape index (κ1) is 13.4. The quantitative estimate of drug-likeness (QED) is 0.832. The van der Waals surface area contributed by atoms with Crippen molar-refractivity contribution in [1.82, 2.24) is 0 Å². The Morgan fingerprint density at radius 2 is 2.10 bits per heavy atom. The van der Waals surface area contributed by atoms with Gasteiger partial charge in [0, 0.05) is 6.42 Å². The zero-order valence-electron chi connectivity index (χ0n) is 11.8. The number of rotatable bonds is 4. The summed E-state index contributed by atoms with van der Waals surface area (Å²) in [5.41, 5.74) is -0.674. The van der Waals surface area contributed by atoms with Crippen LogP contribution < -0.4 is 0 Å². The third-order valence-corrected chi connectivity index (χ3v) is 5.00. The number of fused-ring (bicyclic) bond motifs is 5. The van der Waals surface area contributed by atoms with Gasteiger partial charge in [0.2, 0.25) is 0 Å². The molecule has 3 fully saturated rings. The highest BCUT2D eigenvalue weighted by molar-refractivity contribution is 5.87. The number of aliphatic hydroxyl groups excluding tert-OH is 1. The second-order valence-electron chi connectivity index (χ2n) is 6.20. The largest absolute Gasteiger partial charge is 0.393 e. The average molecular weight is 290 g/mol. The second-order valence-corrected chi connectivity index (χ2v) is 6.20. The molecule has 1 N–H and O–H groups in total. The van der Waals surface area contributed by atoms with Gasteiger partial charge in [-0.15, -0.1) is 0 Å². The van der Waals surface area contributed by atoms with Crippen LogP contribution in [0.3, 0.4) is 0 Å². The Morgan fingerprint density at radius 1 is 1.33 bits per heavy atom. The Labute approximate surface area is 122 Å². The monoisotopic (exact) mass is 290 g/mol. The zero-order valence-corrected chi connectivity index (χ0v) is 11.8. The SMILES string of the molecule is C[C@@]12O[C@@H](CC(=O)[C@@H]1OCc1ccccc1)[C@@H]1O[C@@]12CO. The molecule has 0 unspecified atom stereocenters. The van der Waals surface area contributed by atoms with Crippen LogP contribution in [0.15, 0.2) is 30.3 Å². The highest BCUT2D eigenvalue weighted by Gasteiger charge is 2.81. The number of hydrogen-bond acceptors (Lipinski definition) is 5. The van der Waals surface area contributed by atoms with Gasteiger partial charge in [-0.2, -0.15) is 0 Å². The number of Topliss-reactive ketones (excluding diaryl/α,β-unsaturated/α-hetero) is 1. The topological polar surface area (TPSA) is 68.3 Å². The molecule has 5 nitrogen and oxygen atoms in total. The van der Waals surface area contributed by atoms with Gasteiger partial charge in [-0.1, -0.05) is 30.3 Å². The molecule has 0 radical (unpaired) electrons. The molecule has 3 heterocycles. The van der Waals surface area contributed by atoms with Crippen molar-refractivity contribution in [3.63, 3.8) is 0 Å². The molecule has 0 aliphatic carbocycles. The summed E-state index contributed by atoms with van der Waals surface area (Å²) in [6.45, 7) is 2.01. The minimum atomic E-state index is -0.902. The molecule has 5 heteroatoms. The van der Waals surface area contributed by atoms with Crippen LogP contribution in [0.1, 0.15) is 18.9 Å². The first-order chi connectivity index (χ1) is 10.1. The molecule has 4 rings (SSSR count). The van der Waals surface area contributed by atoms with Crippen LogP contribution >= 0.6 is 0 Å². The zero-order chi connectivity index (χ0) is 14.7. The van der Waals surface area contributed by atoms with Gasteiger partial charge in [0.25, 0.3) is 0 Å². The summed E-state index contributed by atoms with van der Waals surface area (Å²) >= 11 is 0. The van der Waals surface area contributed by atoms with Crippen molar-refractivity contribution in [2.24, 2.45) is 0 Å². The molecule has 1 aromatic carbocycles. The van der Waals surface area contributed by atoms with Crippen molar-refractivity contribution in [1.29, 1.82) is 0 Å². The van der Waals surface area contributed by atoms with Crippen LogP contribution in [0.25, 0.3) is 0 Å². The van der Waals surface area contributed by atoms with Gasteiger partial charge in [0.05, 0.1) is 19.3 Å². The predicted octanol–water partition coefficient (Wildman–Crippen LogP) is 0.832. The summed E-state index contributed by atoms with van der Waals surface area (Å²) in [6, 6.07) is 9.70. The van der Waals surface area contributed by atoms with Gasteiger partial charge in [0.1, 0.15) is 17.8 Å². The van der Waals surface area contributed by atoms with Crippen molar-refractivity contribution in [3.05, 3.63) is 35.9 Å². The third-order valence-electron chi connectivity index (χ3n) is 5.00. The van der Waals surface area contributed by atoms with E-state index in [1.54, 1.807) is 0 Å². The van der Waals surface area contributed by atoms with Crippen LogP contribution in [0.2, 0.25) is 0 Å². The van der Waals surface area contributed by atoms with Crippen molar-refractivity contribution in [2.45, 2.75) is 49.5 Å². The van der Waals surface area contributed by atoms with Gasteiger partial charge in [0.15, 0.2) is 11.4 Å². The fourth-order valence-electron chi connectivity index (χ4n) is 3.78. The Bertz CT molecular complexity index is 573. The smallest absolute Gasteiger partial charge is 0.167 e. The molecule has 0 aromatic heterocycles. The second kappa shape index (κ2) is 4.36. The van der Waals surface area contributed by atoms with Gasteiger partial charge < -0.3 is 19.3 Å². The van der Waals surface area contributed by atoms with Crippen molar-refractivity contribution in [2.75, 3.05) is 6.61 Å².